The summed E-state index contributed by atoms with van der Waals surface area (Å²) in [5.41, 5.74) is 1.03. The maximum absolute atomic E-state index is 11.3. The van der Waals surface area contributed by atoms with Gasteiger partial charge in [-0.05, 0) is 23.8 Å². The first-order valence-corrected chi connectivity index (χ1v) is 5.32. The molecule has 0 unspecified atom stereocenters. The molecule has 0 saturated heterocycles. The Morgan fingerprint density at radius 2 is 2.00 bits per heavy atom. The molecular formula is C13H11NO4. The molecule has 0 aliphatic carbocycles. The summed E-state index contributed by atoms with van der Waals surface area (Å²) in [6.45, 7) is 2.95. The van der Waals surface area contributed by atoms with Gasteiger partial charge in [0.05, 0.1) is 0 Å². The topological polar surface area (TPSA) is 65.0 Å². The van der Waals surface area contributed by atoms with Gasteiger partial charge in [-0.2, -0.15) is 0 Å². The summed E-state index contributed by atoms with van der Waals surface area (Å²) >= 11 is 0. The summed E-state index contributed by atoms with van der Waals surface area (Å²) < 4.78 is 9.69. The molecule has 0 fully saturated rings. The van der Waals surface area contributed by atoms with Gasteiger partial charge in [-0.25, -0.2) is 9.79 Å². The Labute approximate surface area is 104 Å². The van der Waals surface area contributed by atoms with Gasteiger partial charge in [0, 0.05) is 13.8 Å². The van der Waals surface area contributed by atoms with E-state index in [1.807, 2.05) is 0 Å². The van der Waals surface area contributed by atoms with Crippen molar-refractivity contribution in [1.82, 2.24) is 0 Å². The highest BCUT2D eigenvalue weighted by Gasteiger charge is 2.19. The normalized spacial score (nSPS) is 16.4. The molecule has 0 spiro atoms. The lowest BCUT2D eigenvalue weighted by Crippen LogP contribution is -2.01. The van der Waals surface area contributed by atoms with Crippen LogP contribution in [0, 0.1) is 0 Å². The van der Waals surface area contributed by atoms with E-state index in [1.54, 1.807) is 37.3 Å². The molecule has 18 heavy (non-hydrogen) atoms. The number of benzene rings is 1. The van der Waals surface area contributed by atoms with Crippen molar-refractivity contribution >= 4 is 23.9 Å². The molecule has 0 saturated carbocycles. The highest BCUT2D eigenvalue weighted by atomic mass is 16.6. The zero-order valence-corrected chi connectivity index (χ0v) is 9.97. The van der Waals surface area contributed by atoms with E-state index in [-0.39, 0.29) is 11.7 Å². The monoisotopic (exact) mass is 245 g/mol. The fourth-order valence-corrected chi connectivity index (χ4v) is 1.47. The number of carbonyl (C=O) groups excluding carboxylic acids is 2. The molecule has 2 rings (SSSR count). The van der Waals surface area contributed by atoms with E-state index < -0.39 is 5.97 Å². The number of ether oxygens (including phenoxy) is 2. The summed E-state index contributed by atoms with van der Waals surface area (Å²) in [7, 11) is 0. The van der Waals surface area contributed by atoms with Crippen LogP contribution in [0.2, 0.25) is 0 Å². The van der Waals surface area contributed by atoms with Crippen LogP contribution < -0.4 is 4.74 Å². The lowest BCUT2D eigenvalue weighted by atomic mass is 10.2. The molecule has 1 aliphatic heterocycles. The molecule has 0 bridgehead atoms. The van der Waals surface area contributed by atoms with Gasteiger partial charge >= 0.3 is 11.9 Å². The molecule has 1 aromatic carbocycles. The molecule has 92 valence electrons. The van der Waals surface area contributed by atoms with Gasteiger partial charge in [-0.3, -0.25) is 4.79 Å². The smallest absolute Gasteiger partial charge is 0.363 e. The van der Waals surface area contributed by atoms with Crippen molar-refractivity contribution in [2.45, 2.75) is 13.8 Å². The second-order valence-electron chi connectivity index (χ2n) is 3.71. The number of carbonyl (C=O) groups is 2. The van der Waals surface area contributed by atoms with Crippen LogP contribution in [-0.4, -0.2) is 17.8 Å². The van der Waals surface area contributed by atoms with E-state index in [4.69, 9.17) is 9.47 Å². The number of cyclic esters (lactones) is 1. The summed E-state index contributed by atoms with van der Waals surface area (Å²) in [5.74, 6) is -0.0432. The van der Waals surface area contributed by atoms with Crippen LogP contribution in [0.25, 0.3) is 6.08 Å². The predicted molar refractivity (Wildman–Crippen MR) is 64.9 cm³/mol. The zero-order valence-electron chi connectivity index (χ0n) is 9.97. The molecule has 0 amide bonds. The molecule has 0 N–H and O–H groups in total. The van der Waals surface area contributed by atoms with Gasteiger partial charge in [0.1, 0.15) is 5.75 Å². The standard InChI is InChI=1S/C13H11NO4/c1-8-14-12(13(16)17-8)7-10-3-5-11(6-4-10)18-9(2)15/h3-7H,1-2H3/b12-7+. The largest absolute Gasteiger partial charge is 0.427 e. The third-order valence-electron chi connectivity index (χ3n) is 2.17. The molecule has 5 heteroatoms. The minimum absolute atomic E-state index is 0.257. The number of nitrogens with zero attached hydrogens (tertiary/aromatic N) is 1. The fraction of sp³-hybridized carbons (Fsp3) is 0.154. The Hall–Kier alpha value is -2.43. The quantitative estimate of drug-likeness (QED) is 0.453. The van der Waals surface area contributed by atoms with Crippen LogP contribution in [0.4, 0.5) is 0 Å². The summed E-state index contributed by atoms with van der Waals surface area (Å²) in [4.78, 5) is 26.0. The predicted octanol–water partition coefficient (Wildman–Crippen LogP) is 1.93. The Balaban J connectivity index is 2.18. The first kappa shape index (κ1) is 12.0. The van der Waals surface area contributed by atoms with E-state index >= 15 is 0 Å². The summed E-state index contributed by atoms with van der Waals surface area (Å²) in [6, 6.07) is 6.73. The summed E-state index contributed by atoms with van der Waals surface area (Å²) in [5, 5.41) is 0. The third-order valence-corrected chi connectivity index (χ3v) is 2.17. The molecule has 0 atom stereocenters. The van der Waals surface area contributed by atoms with Crippen LogP contribution in [0.15, 0.2) is 35.0 Å². The minimum atomic E-state index is -0.462. The molecule has 0 aromatic heterocycles. The van der Waals surface area contributed by atoms with Crippen molar-refractivity contribution in [2.75, 3.05) is 0 Å². The van der Waals surface area contributed by atoms with Crippen molar-refractivity contribution in [3.8, 4) is 5.75 Å². The number of hydrogen-bond acceptors (Lipinski definition) is 5. The lowest BCUT2D eigenvalue weighted by Gasteiger charge is -2.00. The maximum atomic E-state index is 11.3. The van der Waals surface area contributed by atoms with Gasteiger partial charge in [-0.15, -0.1) is 0 Å². The molecular weight excluding hydrogens is 234 g/mol. The van der Waals surface area contributed by atoms with Crippen molar-refractivity contribution in [2.24, 2.45) is 4.99 Å². The number of aliphatic imine (C=N–C) groups is 1. The number of esters is 2. The van der Waals surface area contributed by atoms with Gasteiger partial charge in [0.2, 0.25) is 0 Å². The van der Waals surface area contributed by atoms with Gasteiger partial charge in [0.25, 0.3) is 0 Å². The van der Waals surface area contributed by atoms with Crippen molar-refractivity contribution in [3.63, 3.8) is 0 Å². The van der Waals surface area contributed by atoms with Gasteiger partial charge in [0.15, 0.2) is 11.6 Å². The highest BCUT2D eigenvalue weighted by Crippen LogP contribution is 2.18. The van der Waals surface area contributed by atoms with Crippen molar-refractivity contribution < 1.29 is 19.1 Å². The average molecular weight is 245 g/mol. The third kappa shape index (κ3) is 2.82. The Bertz CT molecular complexity index is 555. The Morgan fingerprint density at radius 3 is 2.50 bits per heavy atom. The molecule has 1 aromatic rings. The van der Waals surface area contributed by atoms with Crippen LogP contribution in [0.3, 0.4) is 0 Å². The molecule has 5 nitrogen and oxygen atoms in total. The van der Waals surface area contributed by atoms with E-state index in [0.717, 1.165) is 5.56 Å². The van der Waals surface area contributed by atoms with Crippen LogP contribution in [-0.2, 0) is 14.3 Å². The maximum Gasteiger partial charge on any atom is 0.363 e. The van der Waals surface area contributed by atoms with Crippen molar-refractivity contribution in [1.29, 1.82) is 0 Å². The Morgan fingerprint density at radius 1 is 1.33 bits per heavy atom. The van der Waals surface area contributed by atoms with Gasteiger partial charge < -0.3 is 9.47 Å². The first-order valence-electron chi connectivity index (χ1n) is 5.32. The molecule has 0 radical (unpaired) electrons. The summed E-state index contributed by atoms with van der Waals surface area (Å²) in [6.07, 6.45) is 1.61. The van der Waals surface area contributed by atoms with E-state index in [9.17, 15) is 9.59 Å². The number of rotatable bonds is 2. The highest BCUT2D eigenvalue weighted by molar-refractivity contribution is 6.06. The van der Waals surface area contributed by atoms with E-state index in [0.29, 0.717) is 11.6 Å². The average Bonchev–Trinajstić information content (AvgIpc) is 2.59. The SMILES string of the molecule is CC(=O)Oc1ccc(/C=C2/N=C(C)OC2=O)cc1. The lowest BCUT2D eigenvalue weighted by molar-refractivity contribution is -0.132. The van der Waals surface area contributed by atoms with E-state index in [2.05, 4.69) is 4.99 Å². The minimum Gasteiger partial charge on any atom is -0.427 e. The number of hydrogen-bond donors (Lipinski definition) is 0. The van der Waals surface area contributed by atoms with Crippen molar-refractivity contribution in [3.05, 3.63) is 35.5 Å². The molecule has 1 aliphatic rings. The first-order chi connectivity index (χ1) is 8.54. The zero-order chi connectivity index (χ0) is 13.1. The van der Waals surface area contributed by atoms with E-state index in [1.165, 1.54) is 6.92 Å². The van der Waals surface area contributed by atoms with Crippen LogP contribution in [0.5, 0.6) is 5.75 Å². The van der Waals surface area contributed by atoms with Crippen LogP contribution in [0.1, 0.15) is 19.4 Å². The van der Waals surface area contributed by atoms with Crippen LogP contribution >= 0.6 is 0 Å². The molecule has 1 heterocycles. The van der Waals surface area contributed by atoms with Gasteiger partial charge in [-0.1, -0.05) is 12.1 Å². The fourth-order valence-electron chi connectivity index (χ4n) is 1.47. The second kappa shape index (κ2) is 4.83. The second-order valence-corrected chi connectivity index (χ2v) is 3.71. The Kier molecular flexibility index (Phi) is 3.23.